The molecule has 148 valence electrons. The summed E-state index contributed by atoms with van der Waals surface area (Å²) in [4.78, 5) is 21.4. The van der Waals surface area contributed by atoms with Gasteiger partial charge in [-0.1, -0.05) is 18.2 Å². The predicted molar refractivity (Wildman–Crippen MR) is 114 cm³/mol. The minimum atomic E-state index is -0.266. The molecule has 7 heteroatoms. The second-order valence-corrected chi connectivity index (χ2v) is 7.45. The summed E-state index contributed by atoms with van der Waals surface area (Å²) in [6.45, 7) is 1.94. The van der Waals surface area contributed by atoms with Crippen molar-refractivity contribution < 1.29 is 4.79 Å². The van der Waals surface area contributed by atoms with Gasteiger partial charge in [0.1, 0.15) is 12.0 Å². The number of pyridine rings is 2. The lowest BCUT2D eigenvalue weighted by molar-refractivity contribution is 0.102. The number of nitrogens with zero attached hydrogens (tertiary/aromatic N) is 5. The number of aryl methyl sites for hydroxylation is 1. The summed E-state index contributed by atoms with van der Waals surface area (Å²) < 4.78 is 2.10. The van der Waals surface area contributed by atoms with Gasteiger partial charge in [-0.05, 0) is 55.7 Å². The van der Waals surface area contributed by atoms with Crippen molar-refractivity contribution in [2.75, 3.05) is 5.32 Å². The summed E-state index contributed by atoms with van der Waals surface area (Å²) in [5.74, 6) is 0.554. The Hall–Kier alpha value is -3.87. The normalized spacial score (nSPS) is 13.2. The molecule has 0 radical (unpaired) electrons. The molecule has 0 atom stereocenters. The topological polar surface area (TPSA) is 85.6 Å². The fraction of sp³-hybridized carbons (Fsp3) is 0.174. The van der Waals surface area contributed by atoms with Crippen LogP contribution in [-0.4, -0.2) is 30.6 Å². The summed E-state index contributed by atoms with van der Waals surface area (Å²) in [6, 6.07) is 15.7. The highest BCUT2D eigenvalue weighted by molar-refractivity contribution is 6.03. The van der Waals surface area contributed by atoms with Crippen molar-refractivity contribution in [1.82, 2.24) is 24.7 Å². The Kier molecular flexibility index (Phi) is 4.55. The molecule has 0 bridgehead atoms. The maximum Gasteiger partial charge on any atom is 0.274 e. The Balaban J connectivity index is 1.37. The molecule has 0 spiro atoms. The molecule has 7 nitrogen and oxygen atoms in total. The molecular formula is C23H20N6O. The molecule has 1 aliphatic carbocycles. The molecule has 0 saturated heterocycles. The van der Waals surface area contributed by atoms with Gasteiger partial charge in [0.05, 0.1) is 0 Å². The third kappa shape index (κ3) is 3.69. The lowest BCUT2D eigenvalue weighted by atomic mass is 10.1. The largest absolute Gasteiger partial charge is 0.321 e. The van der Waals surface area contributed by atoms with Crippen LogP contribution in [0.2, 0.25) is 0 Å². The lowest BCUT2D eigenvalue weighted by Crippen LogP contribution is -2.13. The Bertz CT molecular complexity index is 1210. The van der Waals surface area contributed by atoms with E-state index >= 15 is 0 Å². The zero-order chi connectivity index (χ0) is 20.5. The number of anilines is 1. The monoisotopic (exact) mass is 396 g/mol. The lowest BCUT2D eigenvalue weighted by Gasteiger charge is -2.09. The number of carbonyl (C=O) groups excluding carboxylic acids is 1. The van der Waals surface area contributed by atoms with Crippen LogP contribution < -0.4 is 5.32 Å². The van der Waals surface area contributed by atoms with E-state index in [1.54, 1.807) is 24.8 Å². The number of hydrogen-bond donors (Lipinski definition) is 1. The molecule has 1 N–H and O–H groups in total. The number of nitrogens with one attached hydrogen (secondary N) is 1. The van der Waals surface area contributed by atoms with E-state index in [1.165, 1.54) is 0 Å². The Morgan fingerprint density at radius 1 is 1.03 bits per heavy atom. The number of hydrogen-bond acceptors (Lipinski definition) is 5. The van der Waals surface area contributed by atoms with Crippen molar-refractivity contribution in [3.8, 4) is 22.5 Å². The summed E-state index contributed by atoms with van der Waals surface area (Å²) in [6.07, 6.45) is 7.51. The van der Waals surface area contributed by atoms with Gasteiger partial charge in [0.15, 0.2) is 5.82 Å². The SMILES string of the molecule is Cc1ccc(-c2ccnc(C(=O)Nc3cccc(-c4nncn4C4CC4)c3)c2)cn1. The average Bonchev–Trinajstić information content (AvgIpc) is 3.50. The van der Waals surface area contributed by atoms with E-state index in [2.05, 4.69) is 30.0 Å². The van der Waals surface area contributed by atoms with Gasteiger partial charge in [-0.25, -0.2) is 0 Å². The molecule has 1 aliphatic rings. The van der Waals surface area contributed by atoms with Crippen LogP contribution in [0.4, 0.5) is 5.69 Å². The van der Waals surface area contributed by atoms with Crippen molar-refractivity contribution in [1.29, 1.82) is 0 Å². The summed E-state index contributed by atoms with van der Waals surface area (Å²) in [5, 5.41) is 11.2. The molecule has 1 fully saturated rings. The van der Waals surface area contributed by atoms with Crippen LogP contribution in [0, 0.1) is 6.92 Å². The molecule has 30 heavy (non-hydrogen) atoms. The predicted octanol–water partition coefficient (Wildman–Crippen LogP) is 4.30. The van der Waals surface area contributed by atoms with Crippen LogP contribution in [0.1, 0.15) is 35.1 Å². The van der Waals surface area contributed by atoms with Gasteiger partial charge in [-0.3, -0.25) is 14.8 Å². The molecule has 1 amide bonds. The minimum Gasteiger partial charge on any atom is -0.321 e. The van der Waals surface area contributed by atoms with Gasteiger partial charge in [-0.15, -0.1) is 10.2 Å². The van der Waals surface area contributed by atoms with Crippen LogP contribution in [-0.2, 0) is 0 Å². The van der Waals surface area contributed by atoms with Crippen LogP contribution in [0.15, 0.2) is 67.3 Å². The molecule has 0 unspecified atom stereocenters. The van der Waals surface area contributed by atoms with Gasteiger partial charge in [0.2, 0.25) is 0 Å². The van der Waals surface area contributed by atoms with E-state index in [0.717, 1.165) is 41.1 Å². The molecule has 3 heterocycles. The van der Waals surface area contributed by atoms with Crippen LogP contribution in [0.3, 0.4) is 0 Å². The summed E-state index contributed by atoms with van der Waals surface area (Å²) >= 11 is 0. The highest BCUT2D eigenvalue weighted by atomic mass is 16.1. The third-order valence-electron chi connectivity index (χ3n) is 5.13. The Morgan fingerprint density at radius 3 is 2.73 bits per heavy atom. The maximum absolute atomic E-state index is 12.8. The number of amides is 1. The van der Waals surface area contributed by atoms with E-state index in [-0.39, 0.29) is 5.91 Å². The quantitative estimate of drug-likeness (QED) is 0.544. The Morgan fingerprint density at radius 2 is 1.93 bits per heavy atom. The third-order valence-corrected chi connectivity index (χ3v) is 5.13. The van der Waals surface area contributed by atoms with E-state index in [1.807, 2.05) is 49.4 Å². The number of rotatable bonds is 5. The molecule has 5 rings (SSSR count). The smallest absolute Gasteiger partial charge is 0.274 e. The van der Waals surface area contributed by atoms with Crippen molar-refractivity contribution in [3.05, 3.63) is 78.6 Å². The minimum absolute atomic E-state index is 0.266. The summed E-state index contributed by atoms with van der Waals surface area (Å²) in [5.41, 5.74) is 4.74. The number of aromatic nitrogens is 5. The fourth-order valence-electron chi connectivity index (χ4n) is 3.37. The van der Waals surface area contributed by atoms with Gasteiger partial charge in [-0.2, -0.15) is 0 Å². The molecule has 0 aliphatic heterocycles. The highest BCUT2D eigenvalue weighted by Crippen LogP contribution is 2.37. The zero-order valence-corrected chi connectivity index (χ0v) is 16.5. The zero-order valence-electron chi connectivity index (χ0n) is 16.5. The second kappa shape index (κ2) is 7.51. The van der Waals surface area contributed by atoms with Gasteiger partial charge in [0.25, 0.3) is 5.91 Å². The van der Waals surface area contributed by atoms with Crippen LogP contribution >= 0.6 is 0 Å². The van der Waals surface area contributed by atoms with E-state index in [4.69, 9.17) is 0 Å². The molecule has 4 aromatic rings. The second-order valence-electron chi connectivity index (χ2n) is 7.45. The van der Waals surface area contributed by atoms with Gasteiger partial charge >= 0.3 is 0 Å². The highest BCUT2D eigenvalue weighted by Gasteiger charge is 2.26. The summed E-state index contributed by atoms with van der Waals surface area (Å²) in [7, 11) is 0. The fourth-order valence-corrected chi connectivity index (χ4v) is 3.37. The van der Waals surface area contributed by atoms with Gasteiger partial charge < -0.3 is 9.88 Å². The first kappa shape index (κ1) is 18.2. The van der Waals surface area contributed by atoms with E-state index in [9.17, 15) is 4.79 Å². The molecule has 1 saturated carbocycles. The Labute approximate surface area is 173 Å². The molecule has 1 aromatic carbocycles. The molecular weight excluding hydrogens is 376 g/mol. The van der Waals surface area contributed by atoms with Crippen molar-refractivity contribution >= 4 is 11.6 Å². The van der Waals surface area contributed by atoms with E-state index < -0.39 is 0 Å². The average molecular weight is 396 g/mol. The number of carbonyl (C=O) groups is 1. The van der Waals surface area contributed by atoms with Crippen LogP contribution in [0.5, 0.6) is 0 Å². The van der Waals surface area contributed by atoms with Crippen molar-refractivity contribution in [3.63, 3.8) is 0 Å². The van der Waals surface area contributed by atoms with Crippen molar-refractivity contribution in [2.24, 2.45) is 0 Å². The maximum atomic E-state index is 12.8. The standard InChI is InChI=1S/C23H20N6O/c1-15-5-6-18(13-25-15)16-9-10-24-21(12-16)23(30)27-19-4-2-3-17(11-19)22-28-26-14-29(22)20-7-8-20/h2-6,9-14,20H,7-8H2,1H3,(H,27,30). The first-order valence-electron chi connectivity index (χ1n) is 9.88. The van der Waals surface area contributed by atoms with Crippen LogP contribution in [0.25, 0.3) is 22.5 Å². The first-order chi connectivity index (χ1) is 14.7. The van der Waals surface area contributed by atoms with Gasteiger partial charge in [0, 0.05) is 40.9 Å². The first-order valence-corrected chi connectivity index (χ1v) is 9.88. The van der Waals surface area contributed by atoms with Crippen molar-refractivity contribution in [2.45, 2.75) is 25.8 Å². The number of benzene rings is 1. The molecule has 3 aromatic heterocycles. The van der Waals surface area contributed by atoms with E-state index in [0.29, 0.717) is 17.4 Å².